The first-order chi connectivity index (χ1) is 11.9. The van der Waals surface area contributed by atoms with E-state index in [9.17, 15) is 18.0 Å². The number of rotatable bonds is 6. The van der Waals surface area contributed by atoms with Gasteiger partial charge in [-0.05, 0) is 23.8 Å². The summed E-state index contributed by atoms with van der Waals surface area (Å²) in [5, 5.41) is 2.33. The van der Waals surface area contributed by atoms with Crippen molar-refractivity contribution in [1.82, 2.24) is 9.62 Å². The molecule has 1 aromatic carbocycles. The molecule has 0 radical (unpaired) electrons. The van der Waals surface area contributed by atoms with Gasteiger partial charge in [0.1, 0.15) is 0 Å². The topological polar surface area (TPSA) is 102 Å². The van der Waals surface area contributed by atoms with Gasteiger partial charge in [0.2, 0.25) is 10.0 Å². The monoisotopic (exact) mass is 368 g/mol. The predicted molar refractivity (Wildman–Crippen MR) is 90.1 cm³/mol. The van der Waals surface area contributed by atoms with Gasteiger partial charge in [-0.2, -0.15) is 4.31 Å². The molecule has 0 atom stereocenters. The molecule has 1 aromatic rings. The zero-order valence-corrected chi connectivity index (χ0v) is 14.6. The number of esters is 1. The van der Waals surface area contributed by atoms with E-state index in [1.807, 2.05) is 0 Å². The number of morpholine rings is 1. The van der Waals surface area contributed by atoms with E-state index in [2.05, 4.69) is 5.32 Å². The van der Waals surface area contributed by atoms with Crippen LogP contribution in [-0.4, -0.2) is 64.6 Å². The molecular formula is C16H20N2O6S. The van der Waals surface area contributed by atoms with Gasteiger partial charge < -0.3 is 14.8 Å². The predicted octanol–water partition coefficient (Wildman–Crippen LogP) is 0.00990. The molecule has 25 heavy (non-hydrogen) atoms. The van der Waals surface area contributed by atoms with Crippen molar-refractivity contribution in [2.75, 3.05) is 40.0 Å². The maximum atomic E-state index is 12.5. The van der Waals surface area contributed by atoms with E-state index < -0.39 is 21.9 Å². The van der Waals surface area contributed by atoms with Crippen LogP contribution in [0.4, 0.5) is 0 Å². The Morgan fingerprint density at radius 3 is 2.48 bits per heavy atom. The fraction of sp³-hybridized carbons (Fsp3) is 0.375. The molecule has 0 saturated carbocycles. The lowest BCUT2D eigenvalue weighted by molar-refractivity contribution is -0.143. The number of sulfonamides is 1. The van der Waals surface area contributed by atoms with Crippen molar-refractivity contribution in [2.24, 2.45) is 0 Å². The number of likely N-dealkylation sites (N-methyl/N-ethyl adjacent to an activating group) is 1. The van der Waals surface area contributed by atoms with Gasteiger partial charge in [-0.15, -0.1) is 0 Å². The van der Waals surface area contributed by atoms with Crippen LogP contribution in [0.2, 0.25) is 0 Å². The number of hydrogen-bond acceptors (Lipinski definition) is 6. The number of carbonyl (C=O) groups is 2. The Kier molecular flexibility index (Phi) is 6.68. The molecule has 9 heteroatoms. The third-order valence-corrected chi connectivity index (χ3v) is 5.44. The van der Waals surface area contributed by atoms with Crippen molar-refractivity contribution >= 4 is 28.0 Å². The van der Waals surface area contributed by atoms with Crippen LogP contribution in [0, 0.1) is 0 Å². The highest BCUT2D eigenvalue weighted by atomic mass is 32.2. The number of hydrogen-bond donors (Lipinski definition) is 1. The average molecular weight is 368 g/mol. The van der Waals surface area contributed by atoms with Crippen molar-refractivity contribution in [3.05, 3.63) is 35.9 Å². The SMILES string of the molecule is CNC(=O)COC(=O)/C=C/c1ccc(S(=O)(=O)N2CCOCC2)cc1. The molecule has 0 aliphatic carbocycles. The molecule has 1 fully saturated rings. The van der Waals surface area contributed by atoms with Crippen LogP contribution in [0.1, 0.15) is 5.56 Å². The number of amides is 1. The summed E-state index contributed by atoms with van der Waals surface area (Å²) in [6.07, 6.45) is 2.66. The first-order valence-corrected chi connectivity index (χ1v) is 9.11. The minimum atomic E-state index is -3.54. The Hall–Kier alpha value is -2.23. The molecule has 1 saturated heterocycles. The second kappa shape index (κ2) is 8.75. The number of carbonyl (C=O) groups excluding carboxylic acids is 2. The minimum Gasteiger partial charge on any atom is -0.452 e. The van der Waals surface area contributed by atoms with Crippen molar-refractivity contribution < 1.29 is 27.5 Å². The summed E-state index contributed by atoms with van der Waals surface area (Å²) in [5.74, 6) is -1.06. The maximum absolute atomic E-state index is 12.5. The van der Waals surface area contributed by atoms with Crippen LogP contribution in [0.3, 0.4) is 0 Å². The van der Waals surface area contributed by atoms with E-state index in [0.29, 0.717) is 31.9 Å². The van der Waals surface area contributed by atoms with Gasteiger partial charge in [0.15, 0.2) is 6.61 Å². The summed E-state index contributed by atoms with van der Waals surface area (Å²) in [6, 6.07) is 6.16. The molecule has 1 aliphatic heterocycles. The van der Waals surface area contributed by atoms with Crippen LogP contribution in [0.25, 0.3) is 6.08 Å². The molecule has 1 aliphatic rings. The number of benzene rings is 1. The van der Waals surface area contributed by atoms with Crippen molar-refractivity contribution in [3.8, 4) is 0 Å². The largest absolute Gasteiger partial charge is 0.452 e. The Morgan fingerprint density at radius 2 is 1.88 bits per heavy atom. The molecule has 0 bridgehead atoms. The zero-order chi connectivity index (χ0) is 18.3. The van der Waals surface area contributed by atoms with E-state index in [1.54, 1.807) is 12.1 Å². The first-order valence-electron chi connectivity index (χ1n) is 7.67. The number of nitrogens with zero attached hydrogens (tertiary/aromatic N) is 1. The van der Waals surface area contributed by atoms with E-state index >= 15 is 0 Å². The third kappa shape index (κ3) is 5.38. The molecule has 0 aromatic heterocycles. The van der Waals surface area contributed by atoms with E-state index in [0.717, 1.165) is 0 Å². The van der Waals surface area contributed by atoms with Gasteiger partial charge in [-0.3, -0.25) is 4.79 Å². The normalized spacial score (nSPS) is 15.9. The van der Waals surface area contributed by atoms with Crippen LogP contribution >= 0.6 is 0 Å². The first kappa shape index (κ1) is 19.1. The summed E-state index contributed by atoms with van der Waals surface area (Å²) in [7, 11) is -2.09. The van der Waals surface area contributed by atoms with E-state index in [1.165, 1.54) is 35.6 Å². The standard InChI is InChI=1S/C16H20N2O6S/c1-17-15(19)12-24-16(20)7-4-13-2-5-14(6-3-13)25(21,22)18-8-10-23-11-9-18/h2-7H,8-12H2,1H3,(H,17,19)/b7-4+. The zero-order valence-electron chi connectivity index (χ0n) is 13.8. The van der Waals surface area contributed by atoms with E-state index in [-0.39, 0.29) is 11.5 Å². The lowest BCUT2D eigenvalue weighted by Crippen LogP contribution is -2.40. The van der Waals surface area contributed by atoms with Crippen molar-refractivity contribution in [3.63, 3.8) is 0 Å². The molecule has 2 rings (SSSR count). The molecule has 1 N–H and O–H groups in total. The quantitative estimate of drug-likeness (QED) is 0.561. The highest BCUT2D eigenvalue weighted by Gasteiger charge is 2.25. The Labute approximate surface area is 146 Å². The van der Waals surface area contributed by atoms with Gasteiger partial charge >= 0.3 is 5.97 Å². The molecule has 1 heterocycles. The second-order valence-electron chi connectivity index (χ2n) is 5.20. The molecule has 0 unspecified atom stereocenters. The fourth-order valence-electron chi connectivity index (χ4n) is 2.11. The smallest absolute Gasteiger partial charge is 0.331 e. The van der Waals surface area contributed by atoms with Gasteiger partial charge in [-0.1, -0.05) is 12.1 Å². The Balaban J connectivity index is 1.98. The molecule has 0 spiro atoms. The maximum Gasteiger partial charge on any atom is 0.331 e. The lowest BCUT2D eigenvalue weighted by atomic mass is 10.2. The third-order valence-electron chi connectivity index (χ3n) is 3.52. The average Bonchev–Trinajstić information content (AvgIpc) is 2.65. The summed E-state index contributed by atoms with van der Waals surface area (Å²) < 4.78 is 36.2. The summed E-state index contributed by atoms with van der Waals surface area (Å²) >= 11 is 0. The van der Waals surface area contributed by atoms with Gasteiger partial charge in [0, 0.05) is 26.2 Å². The lowest BCUT2D eigenvalue weighted by Gasteiger charge is -2.26. The molecular weight excluding hydrogens is 348 g/mol. The molecule has 136 valence electrons. The second-order valence-corrected chi connectivity index (χ2v) is 7.14. The number of nitrogens with one attached hydrogen (secondary N) is 1. The number of ether oxygens (including phenoxy) is 2. The van der Waals surface area contributed by atoms with Gasteiger partial charge in [-0.25, -0.2) is 13.2 Å². The fourth-order valence-corrected chi connectivity index (χ4v) is 3.52. The van der Waals surface area contributed by atoms with Gasteiger partial charge in [0.25, 0.3) is 5.91 Å². The van der Waals surface area contributed by atoms with Gasteiger partial charge in [0.05, 0.1) is 18.1 Å². The molecule has 8 nitrogen and oxygen atoms in total. The van der Waals surface area contributed by atoms with Crippen LogP contribution < -0.4 is 5.32 Å². The highest BCUT2D eigenvalue weighted by Crippen LogP contribution is 2.18. The van der Waals surface area contributed by atoms with Crippen molar-refractivity contribution in [1.29, 1.82) is 0 Å². The summed E-state index contributed by atoms with van der Waals surface area (Å²) in [5.41, 5.74) is 0.637. The Morgan fingerprint density at radius 1 is 1.24 bits per heavy atom. The van der Waals surface area contributed by atoms with Crippen LogP contribution in [0.5, 0.6) is 0 Å². The van der Waals surface area contributed by atoms with Crippen LogP contribution in [0.15, 0.2) is 35.2 Å². The van der Waals surface area contributed by atoms with E-state index in [4.69, 9.17) is 9.47 Å². The minimum absolute atomic E-state index is 0.189. The van der Waals surface area contributed by atoms with Crippen LogP contribution in [-0.2, 0) is 29.1 Å². The molecule has 1 amide bonds. The highest BCUT2D eigenvalue weighted by molar-refractivity contribution is 7.89. The summed E-state index contributed by atoms with van der Waals surface area (Å²) in [4.78, 5) is 22.6. The van der Waals surface area contributed by atoms with Crippen molar-refractivity contribution in [2.45, 2.75) is 4.90 Å². The summed E-state index contributed by atoms with van der Waals surface area (Å²) in [6.45, 7) is 1.09. The Bertz CT molecular complexity index is 736.